The number of carbonyl (C=O) groups is 1. The van der Waals surface area contributed by atoms with Gasteiger partial charge in [0.1, 0.15) is 23.3 Å². The highest BCUT2D eigenvalue weighted by Gasteiger charge is 2.21. The molecule has 3 nitrogen and oxygen atoms in total. The van der Waals surface area contributed by atoms with Crippen LogP contribution in [0.1, 0.15) is 27.3 Å². The second kappa shape index (κ2) is 7.38. The normalized spacial score (nSPS) is 11.3. The highest BCUT2D eigenvalue weighted by Crippen LogP contribution is 2.25. The second-order valence-electron chi connectivity index (χ2n) is 6.12. The standard InChI is InChI=1S/C22H16F2N2O/c1-14-11-19(15(2)26(14)21-6-4-3-5-20(21)24)22(27)17(13-25)12-16-7-9-18(23)10-8-16/h3-12H,1-2H3. The predicted molar refractivity (Wildman–Crippen MR) is 99.5 cm³/mol. The molecule has 0 spiro atoms. The molecule has 0 saturated heterocycles. The first-order valence-corrected chi connectivity index (χ1v) is 8.28. The number of aryl methyl sites for hydroxylation is 1. The first-order valence-electron chi connectivity index (χ1n) is 8.28. The lowest BCUT2D eigenvalue weighted by atomic mass is 10.0. The number of aromatic nitrogens is 1. The van der Waals surface area contributed by atoms with Crippen molar-refractivity contribution < 1.29 is 13.6 Å². The third kappa shape index (κ3) is 3.56. The maximum Gasteiger partial charge on any atom is 0.205 e. The minimum Gasteiger partial charge on any atom is -0.315 e. The lowest BCUT2D eigenvalue weighted by Crippen LogP contribution is -2.06. The van der Waals surface area contributed by atoms with Gasteiger partial charge in [-0.15, -0.1) is 0 Å². The van der Waals surface area contributed by atoms with Crippen molar-refractivity contribution in [3.05, 3.63) is 94.3 Å². The van der Waals surface area contributed by atoms with Crippen molar-refractivity contribution in [2.45, 2.75) is 13.8 Å². The van der Waals surface area contributed by atoms with Gasteiger partial charge in [0.25, 0.3) is 0 Å². The van der Waals surface area contributed by atoms with Crippen molar-refractivity contribution in [2.24, 2.45) is 0 Å². The number of allylic oxidation sites excluding steroid dienone is 1. The lowest BCUT2D eigenvalue weighted by molar-refractivity contribution is 0.103. The molecule has 0 radical (unpaired) electrons. The van der Waals surface area contributed by atoms with Gasteiger partial charge >= 0.3 is 0 Å². The molecule has 0 saturated carbocycles. The SMILES string of the molecule is Cc1cc(C(=O)C(C#N)=Cc2ccc(F)cc2)c(C)n1-c1ccccc1F. The third-order valence-corrected chi connectivity index (χ3v) is 4.32. The number of carbonyl (C=O) groups excluding carboxylic acids is 1. The van der Waals surface area contributed by atoms with Crippen LogP contribution in [0.5, 0.6) is 0 Å². The molecule has 2 aromatic carbocycles. The van der Waals surface area contributed by atoms with Gasteiger partial charge in [-0.2, -0.15) is 5.26 Å². The van der Waals surface area contributed by atoms with Gasteiger partial charge in [-0.05, 0) is 55.8 Å². The Morgan fingerprint density at radius 3 is 2.37 bits per heavy atom. The Hall–Kier alpha value is -3.52. The van der Waals surface area contributed by atoms with Crippen LogP contribution in [0.2, 0.25) is 0 Å². The van der Waals surface area contributed by atoms with Crippen molar-refractivity contribution in [1.82, 2.24) is 4.57 Å². The van der Waals surface area contributed by atoms with Crippen LogP contribution in [0, 0.1) is 36.8 Å². The van der Waals surface area contributed by atoms with Gasteiger partial charge in [0, 0.05) is 17.0 Å². The van der Waals surface area contributed by atoms with E-state index in [-0.39, 0.29) is 5.57 Å². The van der Waals surface area contributed by atoms with E-state index in [9.17, 15) is 18.8 Å². The number of Topliss-reactive ketones (excluding diaryl/α,β-unsaturated/α-hetero) is 1. The molecule has 0 unspecified atom stereocenters. The van der Waals surface area contributed by atoms with E-state index < -0.39 is 17.4 Å². The number of hydrogen-bond donors (Lipinski definition) is 0. The summed E-state index contributed by atoms with van der Waals surface area (Å²) in [6.45, 7) is 3.48. The summed E-state index contributed by atoms with van der Waals surface area (Å²) in [7, 11) is 0. The molecule has 1 aromatic heterocycles. The largest absolute Gasteiger partial charge is 0.315 e. The smallest absolute Gasteiger partial charge is 0.205 e. The predicted octanol–water partition coefficient (Wildman–Crippen LogP) is 5.16. The number of nitriles is 1. The van der Waals surface area contributed by atoms with E-state index in [0.29, 0.717) is 28.2 Å². The van der Waals surface area contributed by atoms with Crippen molar-refractivity contribution >= 4 is 11.9 Å². The molecule has 0 aliphatic carbocycles. The number of halogens is 2. The Kier molecular flexibility index (Phi) is 5.00. The first-order chi connectivity index (χ1) is 12.9. The molecular formula is C22H16F2N2O. The Labute approximate surface area is 155 Å². The Balaban J connectivity index is 2.05. The first kappa shape index (κ1) is 18.3. The molecule has 3 rings (SSSR count). The van der Waals surface area contributed by atoms with Gasteiger partial charge < -0.3 is 4.57 Å². The van der Waals surface area contributed by atoms with E-state index in [2.05, 4.69) is 0 Å². The highest BCUT2D eigenvalue weighted by molar-refractivity contribution is 6.14. The van der Waals surface area contributed by atoms with Crippen molar-refractivity contribution in [2.75, 3.05) is 0 Å². The molecule has 0 aliphatic rings. The molecule has 134 valence electrons. The van der Waals surface area contributed by atoms with E-state index in [4.69, 9.17) is 0 Å². The Morgan fingerprint density at radius 1 is 1.07 bits per heavy atom. The van der Waals surface area contributed by atoms with Gasteiger partial charge in [-0.3, -0.25) is 4.79 Å². The fourth-order valence-electron chi connectivity index (χ4n) is 3.02. The Bertz CT molecular complexity index is 1090. The average molecular weight is 362 g/mol. The maximum absolute atomic E-state index is 14.2. The second-order valence-corrected chi connectivity index (χ2v) is 6.12. The van der Waals surface area contributed by atoms with E-state index in [0.717, 1.165) is 0 Å². The molecule has 0 bridgehead atoms. The molecule has 0 fully saturated rings. The zero-order valence-electron chi connectivity index (χ0n) is 14.8. The zero-order chi connectivity index (χ0) is 19.6. The maximum atomic E-state index is 14.2. The molecule has 0 aliphatic heterocycles. The summed E-state index contributed by atoms with van der Waals surface area (Å²) in [6.07, 6.45) is 1.41. The summed E-state index contributed by atoms with van der Waals surface area (Å²) in [4.78, 5) is 12.9. The van der Waals surface area contributed by atoms with Crippen molar-refractivity contribution in [3.8, 4) is 11.8 Å². The fourth-order valence-corrected chi connectivity index (χ4v) is 3.02. The van der Waals surface area contributed by atoms with Crippen LogP contribution < -0.4 is 0 Å². The number of nitrogens with zero attached hydrogens (tertiary/aromatic N) is 2. The van der Waals surface area contributed by atoms with Crippen LogP contribution in [-0.4, -0.2) is 10.4 Å². The van der Waals surface area contributed by atoms with Gasteiger partial charge in [-0.1, -0.05) is 24.3 Å². The van der Waals surface area contributed by atoms with Crippen LogP contribution in [0.25, 0.3) is 11.8 Å². The molecule has 3 aromatic rings. The molecule has 0 atom stereocenters. The van der Waals surface area contributed by atoms with E-state index in [1.54, 1.807) is 42.7 Å². The highest BCUT2D eigenvalue weighted by atomic mass is 19.1. The number of para-hydroxylation sites is 1. The fraction of sp³-hybridized carbons (Fsp3) is 0.0909. The number of hydrogen-bond acceptors (Lipinski definition) is 2. The zero-order valence-corrected chi connectivity index (χ0v) is 14.8. The van der Waals surface area contributed by atoms with Gasteiger partial charge in [0.2, 0.25) is 5.78 Å². The van der Waals surface area contributed by atoms with E-state index in [1.807, 2.05) is 6.07 Å². The summed E-state index contributed by atoms with van der Waals surface area (Å²) in [5.41, 5.74) is 2.36. The minimum atomic E-state index is -0.461. The summed E-state index contributed by atoms with van der Waals surface area (Å²) in [5, 5.41) is 9.42. The van der Waals surface area contributed by atoms with Crippen molar-refractivity contribution in [1.29, 1.82) is 5.26 Å². The summed E-state index contributed by atoms with van der Waals surface area (Å²) >= 11 is 0. The summed E-state index contributed by atoms with van der Waals surface area (Å²) in [5.74, 6) is -1.26. The van der Waals surface area contributed by atoms with Crippen LogP contribution in [0.3, 0.4) is 0 Å². The number of benzene rings is 2. The molecule has 1 heterocycles. The minimum absolute atomic E-state index is 0.0737. The number of rotatable bonds is 4. The summed E-state index contributed by atoms with van der Waals surface area (Å²) in [6, 6.07) is 15.3. The van der Waals surface area contributed by atoms with E-state index in [1.165, 1.54) is 36.4 Å². The number of ketones is 1. The molecular weight excluding hydrogens is 346 g/mol. The topological polar surface area (TPSA) is 45.8 Å². The van der Waals surface area contributed by atoms with Gasteiger partial charge in [-0.25, -0.2) is 8.78 Å². The van der Waals surface area contributed by atoms with E-state index >= 15 is 0 Å². The molecule has 27 heavy (non-hydrogen) atoms. The van der Waals surface area contributed by atoms with Gasteiger partial charge in [0.15, 0.2) is 0 Å². The Morgan fingerprint density at radius 2 is 1.74 bits per heavy atom. The molecule has 0 amide bonds. The summed E-state index contributed by atoms with van der Waals surface area (Å²) < 4.78 is 28.9. The van der Waals surface area contributed by atoms with Crippen molar-refractivity contribution in [3.63, 3.8) is 0 Å². The van der Waals surface area contributed by atoms with Crippen LogP contribution >= 0.6 is 0 Å². The van der Waals surface area contributed by atoms with Gasteiger partial charge in [0.05, 0.1) is 5.69 Å². The monoisotopic (exact) mass is 362 g/mol. The van der Waals surface area contributed by atoms with Crippen LogP contribution in [0.15, 0.2) is 60.2 Å². The molecule has 5 heteroatoms. The third-order valence-electron chi connectivity index (χ3n) is 4.32. The lowest BCUT2D eigenvalue weighted by Gasteiger charge is -2.10. The quantitative estimate of drug-likeness (QED) is 0.365. The average Bonchev–Trinajstić information content (AvgIpc) is 2.95. The van der Waals surface area contributed by atoms with Crippen LogP contribution in [-0.2, 0) is 0 Å². The molecule has 0 N–H and O–H groups in total. The van der Waals surface area contributed by atoms with Crippen LogP contribution in [0.4, 0.5) is 8.78 Å².